The summed E-state index contributed by atoms with van der Waals surface area (Å²) in [5.74, 6) is 1.04. The van der Waals surface area contributed by atoms with Crippen molar-refractivity contribution in [1.82, 2.24) is 9.62 Å². The minimum atomic E-state index is -3.19. The molecule has 1 aliphatic rings. The summed E-state index contributed by atoms with van der Waals surface area (Å²) in [6.45, 7) is 3.54. The summed E-state index contributed by atoms with van der Waals surface area (Å²) >= 11 is 3.43. The standard InChI is InChI=1S/C18H27BrN2O4S/c1-2-14-26(23,24)20-15-9-11-21(12-10-15)18(22)8-5-13-25-17-7-4-3-6-16(17)19/h3-4,6-7,15,20H,2,5,8-14H2,1H3. The minimum absolute atomic E-state index is 0.0608. The number of carbonyl (C=O) groups is 1. The number of halogens is 1. The van der Waals surface area contributed by atoms with E-state index in [1.54, 1.807) is 0 Å². The van der Waals surface area contributed by atoms with Crippen molar-refractivity contribution < 1.29 is 17.9 Å². The lowest BCUT2D eigenvalue weighted by molar-refractivity contribution is -0.132. The van der Waals surface area contributed by atoms with Crippen molar-refractivity contribution >= 4 is 31.9 Å². The van der Waals surface area contributed by atoms with Crippen molar-refractivity contribution in [3.05, 3.63) is 28.7 Å². The van der Waals surface area contributed by atoms with Gasteiger partial charge in [0.05, 0.1) is 16.8 Å². The molecule has 1 aromatic carbocycles. The van der Waals surface area contributed by atoms with Gasteiger partial charge in [0.2, 0.25) is 15.9 Å². The van der Waals surface area contributed by atoms with Crippen molar-refractivity contribution in [2.24, 2.45) is 0 Å². The molecule has 0 atom stereocenters. The van der Waals surface area contributed by atoms with Gasteiger partial charge in [-0.2, -0.15) is 0 Å². The molecule has 1 aromatic rings. The number of benzene rings is 1. The van der Waals surface area contributed by atoms with Crippen LogP contribution in [-0.2, 0) is 14.8 Å². The maximum atomic E-state index is 12.3. The summed E-state index contributed by atoms with van der Waals surface area (Å²) in [4.78, 5) is 14.1. The Morgan fingerprint density at radius 1 is 1.31 bits per heavy atom. The van der Waals surface area contributed by atoms with Crippen LogP contribution in [0.1, 0.15) is 39.0 Å². The summed E-state index contributed by atoms with van der Waals surface area (Å²) in [5, 5.41) is 0. The molecule has 1 aliphatic heterocycles. The predicted molar refractivity (Wildman–Crippen MR) is 106 cm³/mol. The Hall–Kier alpha value is -1.12. The van der Waals surface area contributed by atoms with Crippen molar-refractivity contribution in [3.8, 4) is 5.75 Å². The van der Waals surface area contributed by atoms with Gasteiger partial charge in [-0.3, -0.25) is 4.79 Å². The number of nitrogens with one attached hydrogen (secondary N) is 1. The van der Waals surface area contributed by atoms with Gasteiger partial charge in [0.15, 0.2) is 0 Å². The normalized spacial score (nSPS) is 15.8. The van der Waals surface area contributed by atoms with E-state index in [4.69, 9.17) is 4.74 Å². The molecule has 0 aliphatic carbocycles. The number of hydrogen-bond donors (Lipinski definition) is 1. The molecule has 0 aromatic heterocycles. The van der Waals surface area contributed by atoms with Gasteiger partial charge in [-0.05, 0) is 53.7 Å². The Balaban J connectivity index is 1.66. The molecule has 1 heterocycles. The maximum Gasteiger partial charge on any atom is 0.222 e. The first-order chi connectivity index (χ1) is 12.4. The molecule has 0 radical (unpaired) electrons. The second kappa shape index (κ2) is 10.3. The zero-order chi connectivity index (χ0) is 19.0. The number of sulfonamides is 1. The first-order valence-electron chi connectivity index (χ1n) is 9.06. The largest absolute Gasteiger partial charge is 0.492 e. The average Bonchev–Trinajstić information content (AvgIpc) is 2.60. The summed E-state index contributed by atoms with van der Waals surface area (Å²) < 4.78 is 33.0. The van der Waals surface area contributed by atoms with E-state index in [2.05, 4.69) is 20.7 Å². The molecule has 0 saturated carbocycles. The van der Waals surface area contributed by atoms with Crippen LogP contribution in [0.15, 0.2) is 28.7 Å². The number of carbonyl (C=O) groups excluding carboxylic acids is 1. The Morgan fingerprint density at radius 3 is 2.65 bits per heavy atom. The van der Waals surface area contributed by atoms with Crippen LogP contribution in [0.2, 0.25) is 0 Å². The van der Waals surface area contributed by atoms with Crippen molar-refractivity contribution in [2.45, 2.75) is 45.1 Å². The molecule has 1 saturated heterocycles. The van der Waals surface area contributed by atoms with Crippen LogP contribution in [0.5, 0.6) is 5.75 Å². The predicted octanol–water partition coefficient (Wildman–Crippen LogP) is 2.93. The van der Waals surface area contributed by atoms with Crippen molar-refractivity contribution in [2.75, 3.05) is 25.4 Å². The van der Waals surface area contributed by atoms with E-state index in [1.807, 2.05) is 36.1 Å². The van der Waals surface area contributed by atoms with Gasteiger partial charge in [-0.25, -0.2) is 13.1 Å². The number of amides is 1. The second-order valence-electron chi connectivity index (χ2n) is 6.47. The summed E-state index contributed by atoms with van der Waals surface area (Å²) in [6.07, 6.45) is 3.04. The van der Waals surface area contributed by atoms with Crippen LogP contribution in [0.4, 0.5) is 0 Å². The first kappa shape index (κ1) is 21.2. The number of piperidine rings is 1. The topological polar surface area (TPSA) is 75.7 Å². The monoisotopic (exact) mass is 446 g/mol. The fraction of sp³-hybridized carbons (Fsp3) is 0.611. The number of nitrogens with zero attached hydrogens (tertiary/aromatic N) is 1. The van der Waals surface area contributed by atoms with Crippen LogP contribution >= 0.6 is 15.9 Å². The quantitative estimate of drug-likeness (QED) is 0.591. The van der Waals surface area contributed by atoms with Crippen molar-refractivity contribution in [1.29, 1.82) is 0 Å². The van der Waals surface area contributed by atoms with Gasteiger partial charge in [0.25, 0.3) is 0 Å². The van der Waals surface area contributed by atoms with E-state index in [1.165, 1.54) is 0 Å². The molecule has 6 nitrogen and oxygen atoms in total. The SMILES string of the molecule is CCCS(=O)(=O)NC1CCN(C(=O)CCCOc2ccccc2Br)CC1. The third kappa shape index (κ3) is 6.89. The maximum absolute atomic E-state index is 12.3. The Morgan fingerprint density at radius 2 is 2.00 bits per heavy atom. The number of ether oxygens (including phenoxy) is 1. The highest BCUT2D eigenvalue weighted by Gasteiger charge is 2.25. The smallest absolute Gasteiger partial charge is 0.222 e. The van der Waals surface area contributed by atoms with Gasteiger partial charge in [-0.1, -0.05) is 19.1 Å². The Kier molecular flexibility index (Phi) is 8.37. The van der Waals surface area contributed by atoms with E-state index < -0.39 is 10.0 Å². The first-order valence-corrected chi connectivity index (χ1v) is 11.5. The molecule has 1 N–H and O–H groups in total. The molecule has 0 bridgehead atoms. The average molecular weight is 447 g/mol. The van der Waals surface area contributed by atoms with E-state index in [0.717, 1.165) is 10.2 Å². The molecule has 8 heteroatoms. The lowest BCUT2D eigenvalue weighted by atomic mass is 10.1. The molecule has 1 fully saturated rings. The fourth-order valence-corrected chi connectivity index (χ4v) is 4.75. The number of rotatable bonds is 9. The van der Waals surface area contributed by atoms with Crippen LogP contribution < -0.4 is 9.46 Å². The van der Waals surface area contributed by atoms with E-state index in [0.29, 0.717) is 51.8 Å². The van der Waals surface area contributed by atoms with Crippen LogP contribution in [0, 0.1) is 0 Å². The number of hydrogen-bond acceptors (Lipinski definition) is 4. The van der Waals surface area contributed by atoms with Gasteiger partial charge in [-0.15, -0.1) is 0 Å². The van der Waals surface area contributed by atoms with Crippen molar-refractivity contribution in [3.63, 3.8) is 0 Å². The molecule has 1 amide bonds. The van der Waals surface area contributed by atoms with Gasteiger partial charge >= 0.3 is 0 Å². The zero-order valence-electron chi connectivity index (χ0n) is 15.1. The molecule has 2 rings (SSSR count). The third-order valence-corrected chi connectivity index (χ3v) is 6.59. The van der Waals surface area contributed by atoms with Crippen LogP contribution in [0.3, 0.4) is 0 Å². The number of para-hydroxylation sites is 1. The highest BCUT2D eigenvalue weighted by molar-refractivity contribution is 9.10. The highest BCUT2D eigenvalue weighted by atomic mass is 79.9. The summed E-state index contributed by atoms with van der Waals surface area (Å²) in [6, 6.07) is 7.57. The lowest BCUT2D eigenvalue weighted by Gasteiger charge is -2.32. The van der Waals surface area contributed by atoms with E-state index in [9.17, 15) is 13.2 Å². The highest BCUT2D eigenvalue weighted by Crippen LogP contribution is 2.24. The van der Waals surface area contributed by atoms with Gasteiger partial charge in [0.1, 0.15) is 5.75 Å². The zero-order valence-corrected chi connectivity index (χ0v) is 17.5. The molecular weight excluding hydrogens is 420 g/mol. The minimum Gasteiger partial charge on any atom is -0.492 e. The molecule has 0 spiro atoms. The van der Waals surface area contributed by atoms with Crippen LogP contribution in [0.25, 0.3) is 0 Å². The molecule has 0 unspecified atom stereocenters. The lowest BCUT2D eigenvalue weighted by Crippen LogP contribution is -2.46. The fourth-order valence-electron chi connectivity index (χ4n) is 2.95. The van der Waals surface area contributed by atoms with Gasteiger partial charge < -0.3 is 9.64 Å². The Bertz CT molecular complexity index is 688. The molecule has 146 valence electrons. The molecular formula is C18H27BrN2O4S. The van der Waals surface area contributed by atoms with E-state index in [-0.39, 0.29) is 17.7 Å². The van der Waals surface area contributed by atoms with Gasteiger partial charge in [0, 0.05) is 25.6 Å². The summed E-state index contributed by atoms with van der Waals surface area (Å²) in [7, 11) is -3.19. The summed E-state index contributed by atoms with van der Waals surface area (Å²) in [5.41, 5.74) is 0. The van der Waals surface area contributed by atoms with Crippen LogP contribution in [-0.4, -0.2) is 50.7 Å². The Labute approximate surface area is 164 Å². The van der Waals surface area contributed by atoms with E-state index >= 15 is 0 Å². The third-order valence-electron chi connectivity index (χ3n) is 4.30. The number of likely N-dealkylation sites (tertiary alicyclic amines) is 1. The second-order valence-corrected chi connectivity index (χ2v) is 9.20. The molecule has 26 heavy (non-hydrogen) atoms.